The Morgan fingerprint density at radius 1 is 1.24 bits per heavy atom. The van der Waals surface area contributed by atoms with E-state index in [1.165, 1.54) is 11.1 Å². The van der Waals surface area contributed by atoms with Crippen LogP contribution in [0.5, 0.6) is 0 Å². The summed E-state index contributed by atoms with van der Waals surface area (Å²) in [5, 5.41) is 0. The van der Waals surface area contributed by atoms with E-state index in [9.17, 15) is 0 Å². The molecule has 2 aromatic carbocycles. The number of benzene rings is 2. The Kier molecular flexibility index (Phi) is 4.05. The van der Waals surface area contributed by atoms with Crippen LogP contribution >= 0.6 is 27.5 Å². The third-order valence-electron chi connectivity index (χ3n) is 3.87. The predicted octanol–water partition coefficient (Wildman–Crippen LogP) is 5.46. The number of hydrogen-bond donors (Lipinski definition) is 0. The van der Waals surface area contributed by atoms with Crippen molar-refractivity contribution < 1.29 is 0 Å². The lowest BCUT2D eigenvalue weighted by molar-refractivity contribution is 0.630. The molecule has 108 valence electrons. The van der Waals surface area contributed by atoms with Gasteiger partial charge in [-0.2, -0.15) is 0 Å². The largest absolute Gasteiger partial charge is 0.320 e. The summed E-state index contributed by atoms with van der Waals surface area (Å²) >= 11 is 9.62. The molecule has 1 unspecified atom stereocenters. The van der Waals surface area contributed by atoms with Crippen molar-refractivity contribution in [3.05, 3.63) is 63.9 Å². The van der Waals surface area contributed by atoms with E-state index >= 15 is 0 Å². The van der Waals surface area contributed by atoms with Crippen molar-refractivity contribution in [3.8, 4) is 0 Å². The van der Waals surface area contributed by atoms with Crippen molar-refractivity contribution in [1.29, 1.82) is 0 Å². The summed E-state index contributed by atoms with van der Waals surface area (Å²) in [5.41, 5.74) is 4.67. The fraction of sp³-hybridized carbons (Fsp3) is 0.235. The van der Waals surface area contributed by atoms with Gasteiger partial charge in [0.05, 0.1) is 23.0 Å². The average molecular weight is 364 g/mol. The lowest BCUT2D eigenvalue weighted by atomic mass is 10.0. The van der Waals surface area contributed by atoms with Crippen LogP contribution < -0.4 is 0 Å². The van der Waals surface area contributed by atoms with Crippen molar-refractivity contribution in [2.24, 2.45) is 0 Å². The van der Waals surface area contributed by atoms with E-state index in [1.54, 1.807) is 0 Å². The van der Waals surface area contributed by atoms with Gasteiger partial charge in [-0.1, -0.05) is 40.2 Å². The van der Waals surface area contributed by atoms with Gasteiger partial charge in [0.1, 0.15) is 5.82 Å². The van der Waals surface area contributed by atoms with Gasteiger partial charge < -0.3 is 4.57 Å². The minimum absolute atomic E-state index is 0.200. The number of halogens is 2. The maximum atomic E-state index is 6.12. The molecule has 1 atom stereocenters. The quantitative estimate of drug-likeness (QED) is 0.565. The molecule has 0 N–H and O–H groups in total. The van der Waals surface area contributed by atoms with Crippen LogP contribution in [-0.4, -0.2) is 9.55 Å². The fourth-order valence-corrected chi connectivity index (χ4v) is 3.38. The highest BCUT2D eigenvalue weighted by molar-refractivity contribution is 9.10. The SMILES string of the molecule is Cc1ccccc1C(C)n1c(CCl)nc2cc(Br)ccc21. The molecule has 0 aliphatic carbocycles. The smallest absolute Gasteiger partial charge is 0.125 e. The van der Waals surface area contributed by atoms with E-state index in [1.807, 2.05) is 12.1 Å². The molecule has 3 rings (SSSR count). The van der Waals surface area contributed by atoms with Crippen LogP contribution in [0.4, 0.5) is 0 Å². The maximum Gasteiger partial charge on any atom is 0.125 e. The highest BCUT2D eigenvalue weighted by Gasteiger charge is 2.18. The zero-order valence-corrected chi connectivity index (χ0v) is 14.3. The molecule has 4 heteroatoms. The molecule has 0 radical (unpaired) electrons. The Bertz CT molecular complexity index is 795. The van der Waals surface area contributed by atoms with Crippen molar-refractivity contribution in [3.63, 3.8) is 0 Å². The van der Waals surface area contributed by atoms with Crippen LogP contribution in [0.2, 0.25) is 0 Å². The van der Waals surface area contributed by atoms with Gasteiger partial charge in [0.15, 0.2) is 0 Å². The fourth-order valence-electron chi connectivity index (χ4n) is 2.84. The first-order valence-electron chi connectivity index (χ1n) is 6.89. The normalized spacial score (nSPS) is 12.8. The molecule has 1 heterocycles. The number of fused-ring (bicyclic) bond motifs is 1. The van der Waals surface area contributed by atoms with E-state index < -0.39 is 0 Å². The summed E-state index contributed by atoms with van der Waals surface area (Å²) in [6.45, 7) is 4.34. The topological polar surface area (TPSA) is 17.8 Å². The number of imidazole rings is 1. The van der Waals surface area contributed by atoms with Gasteiger partial charge in [0.25, 0.3) is 0 Å². The van der Waals surface area contributed by atoms with E-state index in [4.69, 9.17) is 11.6 Å². The van der Waals surface area contributed by atoms with Gasteiger partial charge in [-0.3, -0.25) is 0 Å². The number of hydrogen-bond acceptors (Lipinski definition) is 1. The van der Waals surface area contributed by atoms with Crippen molar-refractivity contribution in [2.45, 2.75) is 25.8 Å². The van der Waals surface area contributed by atoms with Crippen molar-refractivity contribution in [2.75, 3.05) is 0 Å². The molecule has 0 amide bonds. The molecule has 0 fully saturated rings. The zero-order valence-electron chi connectivity index (χ0n) is 12.0. The Balaban J connectivity index is 2.21. The molecule has 3 aromatic rings. The lowest BCUT2D eigenvalue weighted by Crippen LogP contribution is -2.11. The Labute approximate surface area is 137 Å². The molecule has 0 saturated heterocycles. The first-order valence-corrected chi connectivity index (χ1v) is 8.22. The van der Waals surface area contributed by atoms with E-state index in [0.717, 1.165) is 21.3 Å². The Morgan fingerprint density at radius 2 is 2.00 bits per heavy atom. The number of aryl methyl sites for hydroxylation is 1. The molecule has 21 heavy (non-hydrogen) atoms. The minimum Gasteiger partial charge on any atom is -0.320 e. The van der Waals surface area contributed by atoms with E-state index in [2.05, 4.69) is 69.7 Å². The van der Waals surface area contributed by atoms with Crippen LogP contribution in [0.15, 0.2) is 46.9 Å². The second-order valence-electron chi connectivity index (χ2n) is 5.20. The number of aromatic nitrogens is 2. The molecule has 2 nitrogen and oxygen atoms in total. The minimum atomic E-state index is 0.200. The number of nitrogens with zero attached hydrogens (tertiary/aromatic N) is 2. The van der Waals surface area contributed by atoms with Gasteiger partial charge in [0.2, 0.25) is 0 Å². The van der Waals surface area contributed by atoms with Gasteiger partial charge in [-0.15, -0.1) is 11.6 Å². The van der Waals surface area contributed by atoms with Crippen LogP contribution in [-0.2, 0) is 5.88 Å². The van der Waals surface area contributed by atoms with E-state index in [-0.39, 0.29) is 6.04 Å². The highest BCUT2D eigenvalue weighted by Crippen LogP contribution is 2.29. The van der Waals surface area contributed by atoms with Crippen molar-refractivity contribution in [1.82, 2.24) is 9.55 Å². The summed E-state index contributed by atoms with van der Waals surface area (Å²) in [7, 11) is 0. The van der Waals surface area contributed by atoms with E-state index in [0.29, 0.717) is 5.88 Å². The maximum absolute atomic E-state index is 6.12. The number of rotatable bonds is 3. The molecule has 0 aliphatic heterocycles. The van der Waals surface area contributed by atoms with Gasteiger partial charge >= 0.3 is 0 Å². The van der Waals surface area contributed by atoms with Crippen LogP contribution in [0.25, 0.3) is 11.0 Å². The van der Waals surface area contributed by atoms with Crippen LogP contribution in [0.3, 0.4) is 0 Å². The summed E-state index contributed by atoms with van der Waals surface area (Å²) in [6.07, 6.45) is 0. The van der Waals surface area contributed by atoms with Gasteiger partial charge in [0, 0.05) is 4.47 Å². The highest BCUT2D eigenvalue weighted by atomic mass is 79.9. The van der Waals surface area contributed by atoms with Crippen molar-refractivity contribution >= 4 is 38.6 Å². The summed E-state index contributed by atoms with van der Waals surface area (Å²) in [5.74, 6) is 1.31. The summed E-state index contributed by atoms with van der Waals surface area (Å²) < 4.78 is 3.27. The third-order valence-corrected chi connectivity index (χ3v) is 4.60. The molecule has 0 spiro atoms. The molecular formula is C17H16BrClN2. The standard InChI is InChI=1S/C17H16BrClN2/c1-11-5-3-4-6-14(11)12(2)21-16-8-7-13(18)9-15(16)20-17(21)10-19/h3-9,12H,10H2,1-2H3. The molecule has 0 saturated carbocycles. The first-order chi connectivity index (χ1) is 10.1. The van der Waals surface area contributed by atoms with Crippen LogP contribution in [0, 0.1) is 6.92 Å². The van der Waals surface area contributed by atoms with Gasteiger partial charge in [-0.25, -0.2) is 4.98 Å². The summed E-state index contributed by atoms with van der Waals surface area (Å²) in [6, 6.07) is 14.8. The third kappa shape index (κ3) is 2.60. The first kappa shape index (κ1) is 14.6. The Hall–Kier alpha value is -1.32. The van der Waals surface area contributed by atoms with Crippen LogP contribution in [0.1, 0.15) is 29.9 Å². The lowest BCUT2D eigenvalue weighted by Gasteiger charge is -2.19. The molecule has 1 aromatic heterocycles. The number of alkyl halides is 1. The monoisotopic (exact) mass is 362 g/mol. The molecule has 0 bridgehead atoms. The zero-order chi connectivity index (χ0) is 15.0. The molecule has 0 aliphatic rings. The predicted molar refractivity (Wildman–Crippen MR) is 92.0 cm³/mol. The average Bonchev–Trinajstić information content (AvgIpc) is 2.84. The second kappa shape index (κ2) is 5.82. The molecular weight excluding hydrogens is 348 g/mol. The van der Waals surface area contributed by atoms with Gasteiger partial charge in [-0.05, 0) is 43.2 Å². The second-order valence-corrected chi connectivity index (χ2v) is 6.38. The Morgan fingerprint density at radius 3 is 2.71 bits per heavy atom. The summed E-state index contributed by atoms with van der Waals surface area (Å²) in [4.78, 5) is 4.67.